The van der Waals surface area contributed by atoms with E-state index < -0.39 is 0 Å². The van der Waals surface area contributed by atoms with Crippen LogP contribution in [0.1, 0.15) is 32.0 Å². The number of aromatic nitrogens is 3. The van der Waals surface area contributed by atoms with Crippen LogP contribution >= 0.6 is 9.24 Å². The molecule has 7 heteroatoms. The van der Waals surface area contributed by atoms with Crippen molar-refractivity contribution in [2.45, 2.75) is 26.3 Å². The Bertz CT molecular complexity index is 875. The Hall–Kier alpha value is -2.30. The zero-order valence-electron chi connectivity index (χ0n) is 16.3. The van der Waals surface area contributed by atoms with Crippen molar-refractivity contribution in [2.75, 3.05) is 20.2 Å². The van der Waals surface area contributed by atoms with E-state index in [1.165, 1.54) is 0 Å². The predicted molar refractivity (Wildman–Crippen MR) is 115 cm³/mol. The van der Waals surface area contributed by atoms with Gasteiger partial charge < -0.3 is 10.1 Å². The van der Waals surface area contributed by atoms with E-state index in [0.717, 1.165) is 35.2 Å². The van der Waals surface area contributed by atoms with Crippen LogP contribution in [0.3, 0.4) is 0 Å². The van der Waals surface area contributed by atoms with E-state index in [0.29, 0.717) is 17.8 Å². The monoisotopic (exact) mass is 385 g/mol. The summed E-state index contributed by atoms with van der Waals surface area (Å²) in [6.45, 7) is 13.2. The lowest BCUT2D eigenvalue weighted by atomic mass is 10.1. The van der Waals surface area contributed by atoms with Crippen LogP contribution in [0.2, 0.25) is 0 Å². The van der Waals surface area contributed by atoms with Gasteiger partial charge in [-0.1, -0.05) is 19.6 Å². The molecular weight excluding hydrogens is 357 g/mol. The first-order valence-electron chi connectivity index (χ1n) is 8.97. The Morgan fingerprint density at radius 1 is 1.41 bits per heavy atom. The van der Waals surface area contributed by atoms with Crippen molar-refractivity contribution >= 4 is 20.7 Å². The lowest BCUT2D eigenvalue weighted by Crippen LogP contribution is -2.24. The fourth-order valence-corrected chi connectivity index (χ4v) is 2.98. The molecule has 2 rings (SSSR count). The fraction of sp³-hybridized carbons (Fsp3) is 0.350. The lowest BCUT2D eigenvalue weighted by Gasteiger charge is -2.15. The van der Waals surface area contributed by atoms with Gasteiger partial charge in [-0.15, -0.1) is 15.8 Å². The Balaban J connectivity index is 2.57. The summed E-state index contributed by atoms with van der Waals surface area (Å²) in [7, 11) is 4.43. The molecule has 0 saturated heterocycles. The minimum atomic E-state index is 0.152. The molecule has 27 heavy (non-hydrogen) atoms. The number of hydrogen-bond acceptors (Lipinski definition) is 5. The number of nitrogens with one attached hydrogen (secondary N) is 1. The van der Waals surface area contributed by atoms with E-state index in [1.807, 2.05) is 18.3 Å². The third-order valence-corrected chi connectivity index (χ3v) is 4.53. The SMILES string of the molecule is C=CCCOc1cc(-c2cc(C(C)NCC)ncc2P)nn(C=C)c1=NC. The molecule has 2 aromatic heterocycles. The number of ether oxygens (including phenoxy) is 1. The van der Waals surface area contributed by atoms with Gasteiger partial charge in [0.05, 0.1) is 18.0 Å². The molecule has 0 amide bonds. The second kappa shape index (κ2) is 10.1. The summed E-state index contributed by atoms with van der Waals surface area (Å²) in [6, 6.07) is 4.12. The van der Waals surface area contributed by atoms with Crippen molar-refractivity contribution in [1.82, 2.24) is 20.1 Å². The van der Waals surface area contributed by atoms with Gasteiger partial charge in [0, 0.05) is 37.1 Å². The number of nitrogens with zero attached hydrogens (tertiary/aromatic N) is 4. The second-order valence-corrected chi connectivity index (χ2v) is 6.59. The van der Waals surface area contributed by atoms with Crippen LogP contribution < -0.4 is 20.8 Å². The zero-order chi connectivity index (χ0) is 19.8. The van der Waals surface area contributed by atoms with Gasteiger partial charge in [-0.2, -0.15) is 5.10 Å². The maximum Gasteiger partial charge on any atom is 0.191 e. The van der Waals surface area contributed by atoms with E-state index >= 15 is 0 Å². The van der Waals surface area contributed by atoms with Crippen LogP contribution in [0.4, 0.5) is 0 Å². The smallest absolute Gasteiger partial charge is 0.191 e. The summed E-state index contributed by atoms with van der Waals surface area (Å²) in [6.07, 6.45) is 6.05. The van der Waals surface area contributed by atoms with Crippen LogP contribution in [-0.4, -0.2) is 35.0 Å². The van der Waals surface area contributed by atoms with Crippen LogP contribution in [0.5, 0.6) is 5.75 Å². The van der Waals surface area contributed by atoms with Gasteiger partial charge in [-0.25, -0.2) is 4.68 Å². The Labute approximate surface area is 163 Å². The molecule has 0 saturated carbocycles. The first-order valence-corrected chi connectivity index (χ1v) is 9.55. The number of rotatable bonds is 9. The van der Waals surface area contributed by atoms with Gasteiger partial charge in [0.1, 0.15) is 0 Å². The van der Waals surface area contributed by atoms with Crippen LogP contribution in [0.25, 0.3) is 17.5 Å². The summed E-state index contributed by atoms with van der Waals surface area (Å²) in [4.78, 5) is 8.84. The lowest BCUT2D eigenvalue weighted by molar-refractivity contribution is 0.317. The molecule has 6 nitrogen and oxygen atoms in total. The molecule has 0 fully saturated rings. The largest absolute Gasteiger partial charge is 0.489 e. The van der Waals surface area contributed by atoms with Crippen LogP contribution in [0, 0.1) is 0 Å². The van der Waals surface area contributed by atoms with E-state index in [2.05, 4.69) is 62.7 Å². The van der Waals surface area contributed by atoms with Crippen molar-refractivity contribution < 1.29 is 4.74 Å². The highest BCUT2D eigenvalue weighted by atomic mass is 31.0. The Kier molecular flexibility index (Phi) is 7.89. The predicted octanol–water partition coefficient (Wildman–Crippen LogP) is 2.70. The van der Waals surface area contributed by atoms with E-state index in [4.69, 9.17) is 4.74 Å². The molecule has 0 spiro atoms. The normalized spacial score (nSPS) is 12.7. The van der Waals surface area contributed by atoms with Gasteiger partial charge in [0.2, 0.25) is 0 Å². The molecule has 2 aromatic rings. The molecule has 0 aliphatic carbocycles. The minimum Gasteiger partial charge on any atom is -0.489 e. The number of hydrogen-bond donors (Lipinski definition) is 1. The highest BCUT2D eigenvalue weighted by molar-refractivity contribution is 7.27. The molecule has 0 aromatic carbocycles. The van der Waals surface area contributed by atoms with Gasteiger partial charge in [0.15, 0.2) is 11.2 Å². The van der Waals surface area contributed by atoms with E-state index in [-0.39, 0.29) is 6.04 Å². The maximum absolute atomic E-state index is 5.92. The van der Waals surface area contributed by atoms with Crippen molar-refractivity contribution in [3.05, 3.63) is 48.7 Å². The van der Waals surface area contributed by atoms with E-state index in [1.54, 1.807) is 17.9 Å². The topological polar surface area (TPSA) is 64.3 Å². The summed E-state index contributed by atoms with van der Waals surface area (Å²) < 4.78 is 7.56. The fourth-order valence-electron chi connectivity index (χ4n) is 2.68. The van der Waals surface area contributed by atoms with Crippen LogP contribution in [-0.2, 0) is 0 Å². The molecule has 0 aliphatic heterocycles. The number of pyridine rings is 1. The minimum absolute atomic E-state index is 0.152. The summed E-state index contributed by atoms with van der Waals surface area (Å²) in [5.74, 6) is 0.659. The van der Waals surface area contributed by atoms with Gasteiger partial charge in [-0.3, -0.25) is 9.98 Å². The summed E-state index contributed by atoms with van der Waals surface area (Å²) >= 11 is 0. The second-order valence-electron chi connectivity index (χ2n) is 5.97. The van der Waals surface area contributed by atoms with Crippen molar-refractivity contribution in [3.8, 4) is 17.0 Å². The highest BCUT2D eigenvalue weighted by Gasteiger charge is 2.14. The summed E-state index contributed by atoms with van der Waals surface area (Å²) in [5, 5.41) is 9.02. The quantitative estimate of drug-likeness (QED) is 0.410. The third kappa shape index (κ3) is 5.12. The van der Waals surface area contributed by atoms with Crippen molar-refractivity contribution in [1.29, 1.82) is 0 Å². The molecule has 0 aliphatic rings. The molecule has 144 valence electrons. The third-order valence-electron chi connectivity index (χ3n) is 4.07. The van der Waals surface area contributed by atoms with Crippen molar-refractivity contribution in [2.24, 2.45) is 4.99 Å². The first kappa shape index (κ1) is 21.0. The highest BCUT2D eigenvalue weighted by Crippen LogP contribution is 2.22. The van der Waals surface area contributed by atoms with Gasteiger partial charge >= 0.3 is 0 Å². The van der Waals surface area contributed by atoms with Crippen LogP contribution in [0.15, 0.2) is 42.6 Å². The maximum atomic E-state index is 5.92. The first-order chi connectivity index (χ1) is 13.0. The van der Waals surface area contributed by atoms with E-state index in [9.17, 15) is 0 Å². The van der Waals surface area contributed by atoms with Gasteiger partial charge in [-0.05, 0) is 31.3 Å². The standard InChI is InChI=1S/C20H28N5OP/c1-6-9-10-26-18-12-17(24-25(8-3)20(18)21-5)15-11-16(14(4)22-7-2)23-13-19(15)27/h6,8,11-14,22H,1,3,7,9-10,27H2,2,4-5H3. The zero-order valence-corrected chi connectivity index (χ0v) is 17.4. The van der Waals surface area contributed by atoms with Gasteiger partial charge in [0.25, 0.3) is 0 Å². The average molecular weight is 385 g/mol. The molecule has 2 atom stereocenters. The Morgan fingerprint density at radius 3 is 2.81 bits per heavy atom. The Morgan fingerprint density at radius 2 is 2.19 bits per heavy atom. The van der Waals surface area contributed by atoms with Crippen molar-refractivity contribution in [3.63, 3.8) is 0 Å². The molecule has 2 heterocycles. The molecule has 2 unspecified atom stereocenters. The molecular formula is C20H28N5OP. The molecule has 1 N–H and O–H groups in total. The molecule has 0 radical (unpaired) electrons. The average Bonchev–Trinajstić information content (AvgIpc) is 2.68. The summed E-state index contributed by atoms with van der Waals surface area (Å²) in [5.41, 5.74) is 3.33. The molecule has 0 bridgehead atoms.